The third kappa shape index (κ3) is 3.95. The van der Waals surface area contributed by atoms with Gasteiger partial charge in [-0.05, 0) is 24.6 Å². The first-order chi connectivity index (χ1) is 12.0. The number of rotatable bonds is 7. The molecule has 0 atom stereocenters. The molecule has 1 amide bonds. The Morgan fingerprint density at radius 3 is 2.76 bits per heavy atom. The number of amides is 1. The first-order valence-corrected chi connectivity index (χ1v) is 7.84. The molecular weight excluding hydrogens is 340 g/mol. The number of hydrogen-bond acceptors (Lipinski definition) is 4. The first-order valence-electron chi connectivity index (χ1n) is 7.47. The molecule has 0 unspecified atom stereocenters. The Hall–Kier alpha value is -2.92. The highest BCUT2D eigenvalue weighted by atomic mass is 35.5. The van der Waals surface area contributed by atoms with Crippen LogP contribution in [0.5, 0.6) is 0 Å². The molecule has 0 aliphatic carbocycles. The van der Waals surface area contributed by atoms with Crippen LogP contribution < -0.4 is 5.32 Å². The third-order valence-corrected chi connectivity index (χ3v) is 3.81. The van der Waals surface area contributed by atoms with Crippen molar-refractivity contribution < 1.29 is 14.1 Å². The fourth-order valence-electron chi connectivity index (χ4n) is 2.36. The van der Waals surface area contributed by atoms with Crippen molar-refractivity contribution in [2.75, 3.05) is 6.54 Å². The van der Waals surface area contributed by atoms with Gasteiger partial charge in [-0.3, -0.25) is 4.79 Å². The predicted molar refractivity (Wildman–Crippen MR) is 98.5 cm³/mol. The number of nitrogens with zero attached hydrogens (tertiary/aromatic N) is 1. The van der Waals surface area contributed by atoms with Crippen LogP contribution in [0.25, 0.3) is 16.7 Å². The zero-order valence-corrected chi connectivity index (χ0v) is 14.5. The number of carbonyl (C=O) groups is 2. The molecule has 1 heterocycles. The second-order valence-electron chi connectivity index (χ2n) is 5.10. The maximum Gasteiger partial charge on any atom is 0.253 e. The maximum absolute atomic E-state index is 12.0. The number of aryl methyl sites for hydroxylation is 1. The number of carbonyl (C=O) groups excluding carboxylic acids is 2. The predicted octanol–water partition coefficient (Wildman–Crippen LogP) is 3.99. The molecule has 25 heavy (non-hydrogen) atoms. The molecule has 0 radical (unpaired) electrons. The summed E-state index contributed by atoms with van der Waals surface area (Å²) < 4.78 is 5.32. The maximum atomic E-state index is 12.0. The van der Waals surface area contributed by atoms with Crippen molar-refractivity contribution in [2.24, 2.45) is 0 Å². The second kappa shape index (κ2) is 8.26. The molecule has 1 aromatic carbocycles. The number of allylic oxidation sites excluding steroid dienone is 4. The van der Waals surface area contributed by atoms with Crippen molar-refractivity contribution in [1.82, 2.24) is 10.5 Å². The average Bonchev–Trinajstić information content (AvgIpc) is 2.98. The molecule has 0 aliphatic rings. The smallest absolute Gasteiger partial charge is 0.253 e. The highest BCUT2D eigenvalue weighted by Gasteiger charge is 2.19. The van der Waals surface area contributed by atoms with E-state index in [9.17, 15) is 9.59 Å². The van der Waals surface area contributed by atoms with Crippen molar-refractivity contribution in [2.45, 2.75) is 6.92 Å². The van der Waals surface area contributed by atoms with E-state index in [-0.39, 0.29) is 17.1 Å². The summed E-state index contributed by atoms with van der Waals surface area (Å²) in [6, 6.07) is 5.01. The van der Waals surface area contributed by atoms with E-state index in [1.54, 1.807) is 43.4 Å². The summed E-state index contributed by atoms with van der Waals surface area (Å²) >= 11 is 6.25. The van der Waals surface area contributed by atoms with Gasteiger partial charge in [-0.2, -0.15) is 0 Å². The van der Waals surface area contributed by atoms with Gasteiger partial charge in [0.05, 0.1) is 22.7 Å². The standard InChI is InChI=1S/C19H17ClN2O3/c1-4-6-13(5-2)18-17(12(3)25-22-18)14-7-8-15(16(20)11-14)19(24)21-9-10-23/h4-8,10-11H,1-2,9H2,3H3,(H,21,24)/b13-6+. The molecule has 0 saturated carbocycles. The minimum absolute atomic E-state index is 0.0686. The van der Waals surface area contributed by atoms with E-state index >= 15 is 0 Å². The molecule has 0 saturated heterocycles. The van der Waals surface area contributed by atoms with Gasteiger partial charge in [0.2, 0.25) is 0 Å². The summed E-state index contributed by atoms with van der Waals surface area (Å²) in [5.74, 6) is 0.199. The van der Waals surface area contributed by atoms with E-state index in [4.69, 9.17) is 16.1 Å². The fraction of sp³-hybridized carbons (Fsp3) is 0.105. The number of benzene rings is 1. The number of aromatic nitrogens is 1. The molecule has 128 valence electrons. The normalized spacial score (nSPS) is 11.0. The molecule has 1 N–H and O–H groups in total. The van der Waals surface area contributed by atoms with Gasteiger partial charge in [0.25, 0.3) is 5.91 Å². The van der Waals surface area contributed by atoms with Gasteiger partial charge >= 0.3 is 0 Å². The van der Waals surface area contributed by atoms with E-state index in [0.29, 0.717) is 17.7 Å². The molecule has 0 spiro atoms. The van der Waals surface area contributed by atoms with Crippen LogP contribution in [0.3, 0.4) is 0 Å². The van der Waals surface area contributed by atoms with Crippen molar-refractivity contribution in [1.29, 1.82) is 0 Å². The molecule has 5 nitrogen and oxygen atoms in total. The highest BCUT2D eigenvalue weighted by molar-refractivity contribution is 6.34. The zero-order valence-electron chi connectivity index (χ0n) is 13.7. The summed E-state index contributed by atoms with van der Waals surface area (Å²) in [5, 5.41) is 6.81. The van der Waals surface area contributed by atoms with E-state index < -0.39 is 5.91 Å². The van der Waals surface area contributed by atoms with Crippen molar-refractivity contribution in [3.8, 4) is 11.1 Å². The molecule has 0 aliphatic heterocycles. The van der Waals surface area contributed by atoms with E-state index in [0.717, 1.165) is 16.7 Å². The Kier molecular flexibility index (Phi) is 6.08. The van der Waals surface area contributed by atoms with Crippen LogP contribution in [0, 0.1) is 6.92 Å². The van der Waals surface area contributed by atoms with Gasteiger partial charge in [0, 0.05) is 5.57 Å². The van der Waals surface area contributed by atoms with E-state index in [1.807, 2.05) is 0 Å². The topological polar surface area (TPSA) is 72.2 Å². The van der Waals surface area contributed by atoms with Crippen LogP contribution in [0.15, 0.2) is 54.1 Å². The lowest BCUT2D eigenvalue weighted by molar-refractivity contribution is -0.107. The van der Waals surface area contributed by atoms with Crippen molar-refractivity contribution >= 4 is 29.4 Å². The van der Waals surface area contributed by atoms with Crippen LogP contribution in [0.4, 0.5) is 0 Å². The summed E-state index contributed by atoms with van der Waals surface area (Å²) in [6.07, 6.45) is 5.68. The highest BCUT2D eigenvalue weighted by Crippen LogP contribution is 2.34. The third-order valence-electron chi connectivity index (χ3n) is 3.50. The van der Waals surface area contributed by atoms with Crippen molar-refractivity contribution in [3.63, 3.8) is 0 Å². The van der Waals surface area contributed by atoms with Crippen molar-refractivity contribution in [3.05, 3.63) is 71.6 Å². The van der Waals surface area contributed by atoms with E-state index in [2.05, 4.69) is 23.6 Å². The average molecular weight is 357 g/mol. The van der Waals surface area contributed by atoms with Gasteiger partial charge in [0.15, 0.2) is 0 Å². The van der Waals surface area contributed by atoms with Gasteiger partial charge in [-0.1, -0.05) is 54.2 Å². The minimum atomic E-state index is -0.413. The number of halogens is 1. The largest absolute Gasteiger partial charge is 0.360 e. The van der Waals surface area contributed by atoms with Gasteiger partial charge < -0.3 is 14.6 Å². The van der Waals surface area contributed by atoms with Crippen LogP contribution in [0.1, 0.15) is 21.8 Å². The first kappa shape index (κ1) is 18.4. The molecule has 0 fully saturated rings. The van der Waals surface area contributed by atoms with Crippen LogP contribution in [-0.4, -0.2) is 23.9 Å². The number of aldehydes is 1. The Morgan fingerprint density at radius 2 is 2.16 bits per heavy atom. The fourth-order valence-corrected chi connectivity index (χ4v) is 2.63. The lowest BCUT2D eigenvalue weighted by Crippen LogP contribution is -2.25. The molecule has 2 rings (SSSR count). The molecule has 2 aromatic rings. The number of hydrogen-bond donors (Lipinski definition) is 1. The van der Waals surface area contributed by atoms with Gasteiger partial charge in [-0.25, -0.2) is 0 Å². The second-order valence-corrected chi connectivity index (χ2v) is 5.50. The zero-order chi connectivity index (χ0) is 18.4. The lowest BCUT2D eigenvalue weighted by atomic mass is 9.98. The molecular formula is C19H17ClN2O3. The Morgan fingerprint density at radius 1 is 1.40 bits per heavy atom. The van der Waals surface area contributed by atoms with Crippen LogP contribution in [0.2, 0.25) is 5.02 Å². The lowest BCUT2D eigenvalue weighted by Gasteiger charge is -2.08. The van der Waals surface area contributed by atoms with Crippen LogP contribution >= 0.6 is 11.6 Å². The summed E-state index contributed by atoms with van der Waals surface area (Å²) in [6.45, 7) is 9.18. The molecule has 6 heteroatoms. The monoisotopic (exact) mass is 356 g/mol. The van der Waals surface area contributed by atoms with Gasteiger partial charge in [-0.15, -0.1) is 0 Å². The Labute approximate surface area is 150 Å². The molecule has 0 bridgehead atoms. The van der Waals surface area contributed by atoms with Crippen LogP contribution in [-0.2, 0) is 4.79 Å². The Bertz CT molecular complexity index is 866. The SMILES string of the molecule is C=C/C=C(\C=C)c1noc(C)c1-c1ccc(C(=O)NCC=O)c(Cl)c1. The van der Waals surface area contributed by atoms with E-state index in [1.165, 1.54) is 0 Å². The quantitative estimate of drug-likeness (QED) is 0.601. The summed E-state index contributed by atoms with van der Waals surface area (Å²) in [7, 11) is 0. The summed E-state index contributed by atoms with van der Waals surface area (Å²) in [5.41, 5.74) is 3.16. The molecule has 1 aromatic heterocycles. The minimum Gasteiger partial charge on any atom is -0.360 e. The Balaban J connectivity index is 2.49. The van der Waals surface area contributed by atoms with Gasteiger partial charge in [0.1, 0.15) is 17.7 Å². The summed E-state index contributed by atoms with van der Waals surface area (Å²) in [4.78, 5) is 22.3. The number of nitrogens with one attached hydrogen (secondary N) is 1.